The lowest BCUT2D eigenvalue weighted by Crippen LogP contribution is -2.67. The molecular formula is C30H27F27O3P+. The highest BCUT2D eigenvalue weighted by molar-refractivity contribution is 7.75. The van der Waals surface area contributed by atoms with Crippen LogP contribution in [0.5, 0.6) is 0 Å². The molecule has 358 valence electrons. The molecule has 0 aliphatic rings. The van der Waals surface area contributed by atoms with E-state index in [-0.39, 0.29) is 11.1 Å². The lowest BCUT2D eigenvalue weighted by Gasteiger charge is -2.39. The molecule has 0 N–H and O–H groups in total. The quantitative estimate of drug-likeness (QED) is 0.0833. The zero-order valence-corrected chi connectivity index (χ0v) is 30.4. The van der Waals surface area contributed by atoms with E-state index in [1.807, 2.05) is 0 Å². The van der Waals surface area contributed by atoms with Crippen LogP contribution >= 0.6 is 7.26 Å². The minimum Gasteiger partial charge on any atom is -0.351 e. The smallest absolute Gasteiger partial charge is 0.351 e. The molecule has 0 amide bonds. The van der Waals surface area contributed by atoms with Crippen LogP contribution in [0.3, 0.4) is 0 Å². The van der Waals surface area contributed by atoms with Gasteiger partial charge in [-0.3, -0.25) is 0 Å². The minimum absolute atomic E-state index is 0.178. The Morgan fingerprint density at radius 2 is 0.590 bits per heavy atom. The number of rotatable bonds is 18. The molecule has 0 heterocycles. The molecule has 0 bridgehead atoms. The second-order valence-electron chi connectivity index (χ2n) is 12.7. The Morgan fingerprint density at radius 1 is 0.377 bits per heavy atom. The molecule has 1 rings (SSSR count). The Bertz CT molecular complexity index is 1290. The third-order valence-corrected chi connectivity index (χ3v) is 13.4. The van der Waals surface area contributed by atoms with E-state index in [1.54, 1.807) is 0 Å². The maximum atomic E-state index is 13.4. The SMILES string of the molecule is C=Cc1ccc(C[P+](CCCOC(C(F)(F)F)(C(F)(F)F)C(F)(F)F)(CCCOC(C(F)(F)F)(C(F)(F)F)C(F)(F)F)CCCOC(C(F)(F)F)(C(F)(F)F)C(F)(F)F)cc1. The van der Waals surface area contributed by atoms with E-state index in [2.05, 4.69) is 20.8 Å². The van der Waals surface area contributed by atoms with Crippen LogP contribution in [0.1, 0.15) is 30.4 Å². The molecule has 3 nitrogen and oxygen atoms in total. The summed E-state index contributed by atoms with van der Waals surface area (Å²) in [6.07, 6.45) is -74.2. The molecular weight excluding hydrogens is 952 g/mol. The second kappa shape index (κ2) is 18.5. The van der Waals surface area contributed by atoms with Crippen LogP contribution in [-0.2, 0) is 20.4 Å². The summed E-state index contributed by atoms with van der Waals surface area (Å²) in [4.78, 5) is 0. The van der Waals surface area contributed by atoms with Gasteiger partial charge in [-0.05, 0) is 11.1 Å². The highest BCUT2D eigenvalue weighted by atomic mass is 31.2. The monoisotopic (exact) mass is 979 g/mol. The number of halogens is 27. The second-order valence-corrected chi connectivity index (χ2v) is 17.1. The summed E-state index contributed by atoms with van der Waals surface area (Å²) in [5.74, 6) is 0. The molecule has 0 aliphatic heterocycles. The Hall–Kier alpha value is -2.62. The van der Waals surface area contributed by atoms with E-state index in [4.69, 9.17) is 0 Å². The number of alkyl halides is 27. The summed E-state index contributed by atoms with van der Waals surface area (Å²) in [5.41, 5.74) is -20.8. The maximum Gasteiger partial charge on any atom is 0.435 e. The first-order valence-electron chi connectivity index (χ1n) is 16.0. The van der Waals surface area contributed by atoms with Crippen molar-refractivity contribution in [3.05, 3.63) is 42.0 Å². The van der Waals surface area contributed by atoms with Gasteiger partial charge in [0.1, 0.15) is 0 Å². The number of ether oxygens (including phenoxy) is 3. The summed E-state index contributed by atoms with van der Waals surface area (Å²) in [6, 6.07) is 4.32. The lowest BCUT2D eigenvalue weighted by molar-refractivity contribution is -0.458. The van der Waals surface area contributed by atoms with Crippen LogP contribution in [0, 0.1) is 0 Å². The first-order valence-corrected chi connectivity index (χ1v) is 18.5. The van der Waals surface area contributed by atoms with Crippen LogP contribution in [-0.4, -0.2) is 111 Å². The van der Waals surface area contributed by atoms with Crippen molar-refractivity contribution in [3.63, 3.8) is 0 Å². The molecule has 0 spiro atoms. The first-order chi connectivity index (χ1) is 26.9. The molecule has 1 aromatic rings. The Kier molecular flexibility index (Phi) is 17.1. The van der Waals surface area contributed by atoms with Crippen LogP contribution in [0.25, 0.3) is 6.08 Å². The van der Waals surface area contributed by atoms with Gasteiger partial charge in [0, 0.05) is 26.5 Å². The van der Waals surface area contributed by atoms with Gasteiger partial charge in [-0.1, -0.05) is 36.9 Å². The number of benzene rings is 1. The van der Waals surface area contributed by atoms with Gasteiger partial charge in [-0.25, -0.2) is 0 Å². The van der Waals surface area contributed by atoms with Crippen molar-refractivity contribution in [1.29, 1.82) is 0 Å². The highest BCUT2D eigenvalue weighted by Crippen LogP contribution is 2.64. The summed E-state index contributed by atoms with van der Waals surface area (Å²) >= 11 is 0. The van der Waals surface area contributed by atoms with Crippen LogP contribution in [0.2, 0.25) is 0 Å². The van der Waals surface area contributed by atoms with E-state index >= 15 is 0 Å². The fourth-order valence-electron chi connectivity index (χ4n) is 5.78. The Morgan fingerprint density at radius 3 is 0.770 bits per heavy atom. The predicted molar refractivity (Wildman–Crippen MR) is 156 cm³/mol. The summed E-state index contributed by atoms with van der Waals surface area (Å²) in [5, 5.41) is 0. The molecule has 31 heteroatoms. The van der Waals surface area contributed by atoms with Crippen molar-refractivity contribution in [2.75, 3.05) is 38.3 Å². The maximum absolute atomic E-state index is 13.4. The lowest BCUT2D eigenvalue weighted by atomic mass is 10.0. The fourth-order valence-corrected chi connectivity index (χ4v) is 10.3. The van der Waals surface area contributed by atoms with Gasteiger partial charge in [0.15, 0.2) is 0 Å². The number of hydrogen-bond donors (Lipinski definition) is 0. The van der Waals surface area contributed by atoms with E-state index in [1.165, 1.54) is 0 Å². The fraction of sp³-hybridized carbons (Fsp3) is 0.733. The van der Waals surface area contributed by atoms with Crippen molar-refractivity contribution in [2.45, 2.75) is 97.8 Å². The normalized spacial score (nSPS) is 15.4. The predicted octanol–water partition coefficient (Wildman–Crippen LogP) is 13.3. The molecule has 0 aliphatic carbocycles. The van der Waals surface area contributed by atoms with Crippen molar-refractivity contribution in [3.8, 4) is 0 Å². The minimum atomic E-state index is -7.35. The van der Waals surface area contributed by atoms with Gasteiger partial charge in [0.2, 0.25) is 0 Å². The average Bonchev–Trinajstić information content (AvgIpc) is 2.99. The van der Waals surface area contributed by atoms with Gasteiger partial charge < -0.3 is 14.2 Å². The third-order valence-electron chi connectivity index (χ3n) is 8.61. The molecule has 0 aromatic heterocycles. The zero-order valence-electron chi connectivity index (χ0n) is 29.5. The van der Waals surface area contributed by atoms with Gasteiger partial charge in [0.05, 0.1) is 44.5 Å². The van der Waals surface area contributed by atoms with Gasteiger partial charge in [0.25, 0.3) is 0 Å². The molecule has 0 fully saturated rings. The van der Waals surface area contributed by atoms with Gasteiger partial charge in [-0.2, -0.15) is 119 Å². The van der Waals surface area contributed by atoms with Crippen LogP contribution in [0.4, 0.5) is 119 Å². The topological polar surface area (TPSA) is 27.7 Å². The summed E-state index contributed by atoms with van der Waals surface area (Å²) in [6.45, 7) is -3.53. The molecule has 61 heavy (non-hydrogen) atoms. The molecule has 0 saturated carbocycles. The van der Waals surface area contributed by atoms with E-state index in [0.717, 1.165) is 30.3 Å². The van der Waals surface area contributed by atoms with Crippen molar-refractivity contribution in [1.82, 2.24) is 0 Å². The average molecular weight is 979 g/mol. The van der Waals surface area contributed by atoms with Crippen molar-refractivity contribution >= 4 is 13.3 Å². The molecule has 0 saturated heterocycles. The van der Waals surface area contributed by atoms with Crippen LogP contribution < -0.4 is 0 Å². The number of hydrogen-bond acceptors (Lipinski definition) is 3. The first kappa shape index (κ1) is 56.4. The zero-order chi connectivity index (χ0) is 48.4. The molecule has 0 atom stereocenters. The summed E-state index contributed by atoms with van der Waals surface area (Å²) in [7, 11) is -4.15. The van der Waals surface area contributed by atoms with Crippen molar-refractivity contribution < 1.29 is 133 Å². The van der Waals surface area contributed by atoms with Crippen LogP contribution in [0.15, 0.2) is 30.8 Å². The standard InChI is InChI=1S/C30H27F27O3P/c1-2-17-6-8-18(9-7-17)16-61(13-3-10-58-19(22(31,32)33,23(34,35)36)24(37,38)39,14-4-11-59-20(25(40,41)42,26(43,44)45)27(46,47)48)15-5-12-60-21(28(49,50)51,29(52,53)54)30(55,56)57/h2,6-9H,1,3-5,10-16H2/q+1. The molecule has 1 aromatic carbocycles. The summed E-state index contributed by atoms with van der Waals surface area (Å²) < 4.78 is 372. The molecule has 0 radical (unpaired) electrons. The highest BCUT2D eigenvalue weighted by Gasteiger charge is 2.87. The van der Waals surface area contributed by atoms with Gasteiger partial charge >= 0.3 is 72.4 Å². The van der Waals surface area contributed by atoms with Crippen molar-refractivity contribution in [2.24, 2.45) is 0 Å². The molecule has 0 unspecified atom stereocenters. The van der Waals surface area contributed by atoms with E-state index < -0.39 is 143 Å². The van der Waals surface area contributed by atoms with Gasteiger partial charge in [-0.15, -0.1) is 0 Å². The Labute approximate surface area is 324 Å². The largest absolute Gasteiger partial charge is 0.435 e. The Balaban J connectivity index is 3.90. The van der Waals surface area contributed by atoms with E-state index in [9.17, 15) is 119 Å². The third kappa shape index (κ3) is 11.8. The van der Waals surface area contributed by atoms with E-state index in [0.29, 0.717) is 0 Å².